The number of amides is 1. The Morgan fingerprint density at radius 3 is 2.27 bits per heavy atom. The normalized spacial score (nSPS) is 14.2. The first kappa shape index (κ1) is 22.8. The second kappa shape index (κ2) is 9.60. The number of rotatable bonds is 6. The molecule has 8 nitrogen and oxygen atoms in total. The van der Waals surface area contributed by atoms with Crippen molar-refractivity contribution in [1.29, 1.82) is 0 Å². The van der Waals surface area contributed by atoms with E-state index in [2.05, 4.69) is 28.9 Å². The first-order chi connectivity index (χ1) is 15.8. The second-order valence-electron chi connectivity index (χ2n) is 8.96. The van der Waals surface area contributed by atoms with Crippen molar-refractivity contribution in [1.82, 2.24) is 24.5 Å². The highest BCUT2D eigenvalue weighted by molar-refractivity contribution is 5.76. The van der Waals surface area contributed by atoms with Gasteiger partial charge in [0.15, 0.2) is 0 Å². The number of hydrogen-bond acceptors (Lipinski definition) is 5. The molecule has 0 spiro atoms. The van der Waals surface area contributed by atoms with Gasteiger partial charge in [-0.05, 0) is 49.6 Å². The minimum atomic E-state index is -0.158. The molecule has 0 unspecified atom stereocenters. The minimum absolute atomic E-state index is 0.144. The predicted molar refractivity (Wildman–Crippen MR) is 129 cm³/mol. The van der Waals surface area contributed by atoms with Crippen LogP contribution >= 0.6 is 0 Å². The number of carbonyl (C=O) groups is 1. The Labute approximate surface area is 194 Å². The molecule has 0 radical (unpaired) electrons. The fourth-order valence-corrected chi connectivity index (χ4v) is 4.20. The van der Waals surface area contributed by atoms with Crippen LogP contribution < -0.4 is 10.5 Å². The van der Waals surface area contributed by atoms with E-state index in [0.717, 1.165) is 22.9 Å². The molecule has 1 amide bonds. The monoisotopic (exact) mass is 448 g/mol. The Hall–Kier alpha value is -3.42. The van der Waals surface area contributed by atoms with Gasteiger partial charge in [0, 0.05) is 50.9 Å². The first-order valence-corrected chi connectivity index (χ1v) is 11.6. The molecule has 2 aromatic heterocycles. The minimum Gasteiger partial charge on any atom is -0.352 e. The third-order valence-electron chi connectivity index (χ3n) is 6.19. The van der Waals surface area contributed by atoms with Crippen molar-refractivity contribution < 1.29 is 4.79 Å². The van der Waals surface area contributed by atoms with Crippen molar-refractivity contribution in [3.63, 3.8) is 0 Å². The van der Waals surface area contributed by atoms with Crippen molar-refractivity contribution in [2.75, 3.05) is 31.1 Å². The Kier molecular flexibility index (Phi) is 6.62. The maximum atomic E-state index is 12.7. The number of aryl methyl sites for hydroxylation is 3. The maximum absolute atomic E-state index is 12.7. The summed E-state index contributed by atoms with van der Waals surface area (Å²) in [5, 5.41) is 9.05. The summed E-state index contributed by atoms with van der Waals surface area (Å²) in [6.45, 7) is 11.5. The van der Waals surface area contributed by atoms with E-state index in [0.29, 0.717) is 45.1 Å². The molecular formula is C25H32N6O2. The van der Waals surface area contributed by atoms with Gasteiger partial charge in [-0.1, -0.05) is 26.0 Å². The zero-order valence-corrected chi connectivity index (χ0v) is 19.9. The number of benzene rings is 1. The number of piperazine rings is 1. The molecule has 3 aromatic rings. The van der Waals surface area contributed by atoms with Crippen LogP contribution in [0.1, 0.15) is 43.1 Å². The van der Waals surface area contributed by atoms with E-state index in [9.17, 15) is 9.59 Å². The quantitative estimate of drug-likeness (QED) is 0.580. The topological polar surface area (TPSA) is 76.3 Å². The molecule has 3 heterocycles. The van der Waals surface area contributed by atoms with E-state index in [1.165, 1.54) is 10.2 Å². The molecule has 1 saturated heterocycles. The van der Waals surface area contributed by atoms with Crippen LogP contribution in [0.2, 0.25) is 0 Å². The van der Waals surface area contributed by atoms with Crippen LogP contribution in [0.4, 0.5) is 5.82 Å². The van der Waals surface area contributed by atoms with Gasteiger partial charge in [0.1, 0.15) is 5.82 Å². The van der Waals surface area contributed by atoms with E-state index < -0.39 is 0 Å². The van der Waals surface area contributed by atoms with E-state index in [1.807, 2.05) is 53.8 Å². The number of hydrogen-bond donors (Lipinski definition) is 0. The number of nitrogens with zero attached hydrogens (tertiary/aromatic N) is 6. The lowest BCUT2D eigenvalue weighted by Crippen LogP contribution is -2.49. The Morgan fingerprint density at radius 1 is 0.970 bits per heavy atom. The summed E-state index contributed by atoms with van der Waals surface area (Å²) >= 11 is 0. The van der Waals surface area contributed by atoms with Gasteiger partial charge in [-0.3, -0.25) is 14.3 Å². The van der Waals surface area contributed by atoms with Gasteiger partial charge in [-0.15, -0.1) is 5.10 Å². The smallest absolute Gasteiger partial charge is 0.271 e. The van der Waals surface area contributed by atoms with E-state index in [4.69, 9.17) is 0 Å². The van der Waals surface area contributed by atoms with Crippen LogP contribution in [0.25, 0.3) is 5.69 Å². The molecule has 33 heavy (non-hydrogen) atoms. The summed E-state index contributed by atoms with van der Waals surface area (Å²) in [5.74, 6) is 1.32. The molecule has 1 fully saturated rings. The molecule has 1 aliphatic heterocycles. The average Bonchev–Trinajstić information content (AvgIpc) is 3.14. The molecule has 0 bridgehead atoms. The zero-order valence-electron chi connectivity index (χ0n) is 19.9. The molecule has 4 rings (SSSR count). The van der Waals surface area contributed by atoms with Gasteiger partial charge in [-0.2, -0.15) is 9.78 Å². The summed E-state index contributed by atoms with van der Waals surface area (Å²) in [4.78, 5) is 29.2. The van der Waals surface area contributed by atoms with Crippen molar-refractivity contribution in [2.45, 2.75) is 46.6 Å². The highest BCUT2D eigenvalue weighted by Gasteiger charge is 2.22. The van der Waals surface area contributed by atoms with Crippen LogP contribution in [0, 0.1) is 13.8 Å². The fourth-order valence-electron chi connectivity index (χ4n) is 4.20. The van der Waals surface area contributed by atoms with Crippen molar-refractivity contribution >= 4 is 11.7 Å². The predicted octanol–water partition coefficient (Wildman–Crippen LogP) is 2.91. The molecule has 0 N–H and O–H groups in total. The summed E-state index contributed by atoms with van der Waals surface area (Å²) < 4.78 is 3.34. The number of anilines is 1. The lowest BCUT2D eigenvalue weighted by molar-refractivity contribution is -0.131. The standard InChI is InChI=1S/C25H32N6O2/c1-18(2)21-5-7-22(8-6-21)31-25(33)10-9-23(27-31)28-13-15-29(16-14-28)24(32)11-12-30-20(4)17-19(3)26-30/h5-10,17-18H,11-16H2,1-4H3. The van der Waals surface area contributed by atoms with Gasteiger partial charge < -0.3 is 9.80 Å². The summed E-state index contributed by atoms with van der Waals surface area (Å²) in [6, 6.07) is 13.3. The van der Waals surface area contributed by atoms with Gasteiger partial charge in [-0.25, -0.2) is 0 Å². The highest BCUT2D eigenvalue weighted by Crippen LogP contribution is 2.17. The summed E-state index contributed by atoms with van der Waals surface area (Å²) in [7, 11) is 0. The zero-order chi connectivity index (χ0) is 23.5. The highest BCUT2D eigenvalue weighted by atomic mass is 16.2. The molecule has 174 valence electrons. The Balaban J connectivity index is 1.38. The third-order valence-corrected chi connectivity index (χ3v) is 6.19. The first-order valence-electron chi connectivity index (χ1n) is 11.6. The lowest BCUT2D eigenvalue weighted by atomic mass is 10.0. The second-order valence-corrected chi connectivity index (χ2v) is 8.96. The van der Waals surface area contributed by atoms with Crippen molar-refractivity contribution in [2.24, 2.45) is 0 Å². The Morgan fingerprint density at radius 2 is 1.67 bits per heavy atom. The molecule has 0 atom stereocenters. The Bertz CT molecular complexity index is 1170. The maximum Gasteiger partial charge on any atom is 0.271 e. The molecule has 0 saturated carbocycles. The van der Waals surface area contributed by atoms with Crippen LogP contribution in [-0.4, -0.2) is 56.5 Å². The number of carbonyl (C=O) groups excluding carboxylic acids is 1. The van der Waals surface area contributed by atoms with Crippen molar-refractivity contribution in [3.8, 4) is 5.69 Å². The third kappa shape index (κ3) is 5.16. The average molecular weight is 449 g/mol. The van der Waals surface area contributed by atoms with Gasteiger partial charge in [0.2, 0.25) is 5.91 Å². The lowest BCUT2D eigenvalue weighted by Gasteiger charge is -2.35. The molecule has 0 aliphatic carbocycles. The molecule has 1 aliphatic rings. The molecule has 8 heteroatoms. The molecular weight excluding hydrogens is 416 g/mol. The van der Waals surface area contributed by atoms with E-state index in [-0.39, 0.29) is 11.5 Å². The molecule has 1 aromatic carbocycles. The number of aromatic nitrogens is 4. The largest absolute Gasteiger partial charge is 0.352 e. The summed E-state index contributed by atoms with van der Waals surface area (Å²) in [6.07, 6.45) is 0.442. The van der Waals surface area contributed by atoms with E-state index in [1.54, 1.807) is 12.1 Å². The SMILES string of the molecule is Cc1cc(C)n(CCC(=O)N2CCN(c3ccc(=O)n(-c4ccc(C(C)C)cc4)n3)CC2)n1. The van der Waals surface area contributed by atoms with Gasteiger partial charge >= 0.3 is 0 Å². The summed E-state index contributed by atoms with van der Waals surface area (Å²) in [5.41, 5.74) is 3.86. The van der Waals surface area contributed by atoms with Gasteiger partial charge in [0.25, 0.3) is 5.56 Å². The van der Waals surface area contributed by atoms with Crippen LogP contribution in [0.15, 0.2) is 47.3 Å². The van der Waals surface area contributed by atoms with Gasteiger partial charge in [0.05, 0.1) is 11.4 Å². The fraction of sp³-hybridized carbons (Fsp3) is 0.440. The van der Waals surface area contributed by atoms with Crippen LogP contribution in [0.3, 0.4) is 0 Å². The van der Waals surface area contributed by atoms with E-state index >= 15 is 0 Å². The van der Waals surface area contributed by atoms with Crippen LogP contribution in [-0.2, 0) is 11.3 Å². The van der Waals surface area contributed by atoms with Crippen molar-refractivity contribution in [3.05, 3.63) is 69.8 Å². The van der Waals surface area contributed by atoms with Crippen LogP contribution in [0.5, 0.6) is 0 Å².